The van der Waals surface area contributed by atoms with Gasteiger partial charge in [0.15, 0.2) is 0 Å². The lowest BCUT2D eigenvalue weighted by atomic mass is 10.3. The first-order valence-corrected chi connectivity index (χ1v) is 5.23. The Morgan fingerprint density at radius 1 is 1.75 bits per heavy atom. The van der Waals surface area contributed by atoms with Crippen LogP contribution >= 0.6 is 0 Å². The lowest BCUT2D eigenvalue weighted by molar-refractivity contribution is 0.934. The van der Waals surface area contributed by atoms with Crippen LogP contribution < -0.4 is 0 Å². The molecule has 0 saturated carbocycles. The maximum Gasteiger partial charge on any atom is 0.0229 e. The van der Waals surface area contributed by atoms with E-state index in [1.54, 1.807) is 0 Å². The maximum atomic E-state index is 3.71. The van der Waals surface area contributed by atoms with Gasteiger partial charge in [-0.1, -0.05) is 31.5 Å². The molecule has 48 valence electrons. The minimum atomic E-state index is 0.264. The molecule has 0 aliphatic carbocycles. The fraction of sp³-hybridized carbons (Fsp3) is 0.714. The van der Waals surface area contributed by atoms with Crippen LogP contribution in [0.25, 0.3) is 0 Å². The second-order valence-electron chi connectivity index (χ2n) is 2.42. The minimum Gasteiger partial charge on any atom is -0.103 e. The number of hydrogen-bond acceptors (Lipinski definition) is 0. The molecule has 0 spiro atoms. The Morgan fingerprint density at radius 2 is 2.38 bits per heavy atom. The summed E-state index contributed by atoms with van der Waals surface area (Å²) in [5.74, 6) is 0. The van der Waals surface area contributed by atoms with Crippen molar-refractivity contribution in [2.45, 2.75) is 31.9 Å². The van der Waals surface area contributed by atoms with Gasteiger partial charge in [0.05, 0.1) is 0 Å². The van der Waals surface area contributed by atoms with E-state index in [-0.39, 0.29) is 9.52 Å². The van der Waals surface area contributed by atoms with Crippen molar-refractivity contribution < 1.29 is 0 Å². The standard InChI is InChI=1S/C7H16Si/c1-4-6-7(3)8-5-2/h4,7H,1,5-6,8H2,2-3H3. The van der Waals surface area contributed by atoms with Crippen LogP contribution in [-0.4, -0.2) is 9.52 Å². The van der Waals surface area contributed by atoms with E-state index in [2.05, 4.69) is 20.4 Å². The van der Waals surface area contributed by atoms with Crippen LogP contribution in [0.4, 0.5) is 0 Å². The molecule has 0 bridgehead atoms. The summed E-state index contributed by atoms with van der Waals surface area (Å²) in [6.07, 6.45) is 3.27. The molecule has 0 saturated heterocycles. The van der Waals surface area contributed by atoms with E-state index in [0.717, 1.165) is 5.54 Å². The molecule has 0 amide bonds. The van der Waals surface area contributed by atoms with E-state index in [4.69, 9.17) is 0 Å². The summed E-state index contributed by atoms with van der Waals surface area (Å²) in [6, 6.07) is 1.44. The highest BCUT2D eigenvalue weighted by Crippen LogP contribution is 2.08. The van der Waals surface area contributed by atoms with E-state index >= 15 is 0 Å². The van der Waals surface area contributed by atoms with Crippen molar-refractivity contribution in [3.8, 4) is 0 Å². The van der Waals surface area contributed by atoms with E-state index in [9.17, 15) is 0 Å². The van der Waals surface area contributed by atoms with E-state index in [0.29, 0.717) is 0 Å². The molecule has 1 unspecified atom stereocenters. The fourth-order valence-corrected chi connectivity index (χ4v) is 2.35. The third-order valence-corrected chi connectivity index (χ3v) is 3.25. The predicted octanol–water partition coefficient (Wildman–Crippen LogP) is 1.98. The van der Waals surface area contributed by atoms with Crippen LogP contribution in [0.3, 0.4) is 0 Å². The molecule has 0 aromatic heterocycles. The fourth-order valence-electron chi connectivity index (χ4n) is 0.895. The molecule has 0 aliphatic rings. The summed E-state index contributed by atoms with van der Waals surface area (Å²) in [7, 11) is 0.264. The second-order valence-corrected chi connectivity index (χ2v) is 5.39. The molecule has 0 rings (SSSR count). The average molecular weight is 128 g/mol. The van der Waals surface area contributed by atoms with Crippen molar-refractivity contribution in [3.05, 3.63) is 12.7 Å². The van der Waals surface area contributed by atoms with Gasteiger partial charge >= 0.3 is 0 Å². The molecule has 0 aromatic rings. The Labute approximate surface area is 54.8 Å². The minimum absolute atomic E-state index is 0.264. The summed E-state index contributed by atoms with van der Waals surface area (Å²) in [5, 5.41) is 0. The van der Waals surface area contributed by atoms with Gasteiger partial charge in [-0.15, -0.1) is 6.58 Å². The van der Waals surface area contributed by atoms with Crippen LogP contribution in [0, 0.1) is 0 Å². The summed E-state index contributed by atoms with van der Waals surface area (Å²) in [6.45, 7) is 8.32. The third-order valence-electron chi connectivity index (χ3n) is 1.35. The first-order valence-electron chi connectivity index (χ1n) is 3.42. The van der Waals surface area contributed by atoms with Crippen LogP contribution in [0.15, 0.2) is 12.7 Å². The molecule has 0 heterocycles. The highest BCUT2D eigenvalue weighted by molar-refractivity contribution is 6.37. The number of rotatable bonds is 4. The zero-order valence-corrected chi connectivity index (χ0v) is 7.40. The predicted molar refractivity (Wildman–Crippen MR) is 43.3 cm³/mol. The largest absolute Gasteiger partial charge is 0.103 e. The maximum absolute atomic E-state index is 3.71. The smallest absolute Gasteiger partial charge is 0.0229 e. The molecule has 1 heteroatoms. The van der Waals surface area contributed by atoms with Gasteiger partial charge in [0.2, 0.25) is 0 Å². The molecule has 8 heavy (non-hydrogen) atoms. The quantitative estimate of drug-likeness (QED) is 0.401. The van der Waals surface area contributed by atoms with Gasteiger partial charge in [0.25, 0.3) is 0 Å². The van der Waals surface area contributed by atoms with Crippen molar-refractivity contribution >= 4 is 9.52 Å². The Bertz CT molecular complexity index is 59.4. The topological polar surface area (TPSA) is 0 Å². The molecular formula is C7H16Si. The molecule has 0 N–H and O–H groups in total. The normalized spacial score (nSPS) is 14.8. The zero-order chi connectivity index (χ0) is 6.41. The summed E-state index contributed by atoms with van der Waals surface area (Å²) < 4.78 is 0. The SMILES string of the molecule is C=CCC(C)[SiH2]CC. The Kier molecular flexibility index (Phi) is 5.07. The molecule has 0 radical (unpaired) electrons. The van der Waals surface area contributed by atoms with Crippen LogP contribution in [-0.2, 0) is 0 Å². The van der Waals surface area contributed by atoms with Gasteiger partial charge < -0.3 is 0 Å². The van der Waals surface area contributed by atoms with Crippen molar-refractivity contribution in [2.75, 3.05) is 0 Å². The number of allylic oxidation sites excluding steroid dienone is 1. The van der Waals surface area contributed by atoms with E-state index < -0.39 is 0 Å². The van der Waals surface area contributed by atoms with E-state index in [1.165, 1.54) is 12.5 Å². The van der Waals surface area contributed by atoms with Gasteiger partial charge in [-0.3, -0.25) is 0 Å². The van der Waals surface area contributed by atoms with Gasteiger partial charge in [0.1, 0.15) is 0 Å². The lowest BCUT2D eigenvalue weighted by Crippen LogP contribution is -1.94. The third kappa shape index (κ3) is 4.12. The Balaban J connectivity index is 3.03. The molecule has 0 aromatic carbocycles. The summed E-state index contributed by atoms with van der Waals surface area (Å²) in [4.78, 5) is 0. The summed E-state index contributed by atoms with van der Waals surface area (Å²) in [5.41, 5.74) is 0.984. The van der Waals surface area contributed by atoms with Crippen molar-refractivity contribution in [2.24, 2.45) is 0 Å². The molecular weight excluding hydrogens is 112 g/mol. The van der Waals surface area contributed by atoms with E-state index in [1.807, 2.05) is 6.08 Å². The highest BCUT2D eigenvalue weighted by atomic mass is 28.2. The van der Waals surface area contributed by atoms with Crippen LogP contribution in [0.5, 0.6) is 0 Å². The Morgan fingerprint density at radius 3 is 2.75 bits per heavy atom. The average Bonchev–Trinajstić information content (AvgIpc) is 1.68. The van der Waals surface area contributed by atoms with Crippen LogP contribution in [0.2, 0.25) is 11.6 Å². The van der Waals surface area contributed by atoms with Gasteiger partial charge in [-0.2, -0.15) is 0 Å². The monoisotopic (exact) mass is 128 g/mol. The molecule has 0 nitrogen and oxygen atoms in total. The van der Waals surface area contributed by atoms with Crippen LogP contribution in [0.1, 0.15) is 20.3 Å². The second kappa shape index (κ2) is 5.10. The van der Waals surface area contributed by atoms with Gasteiger partial charge in [0, 0.05) is 9.52 Å². The summed E-state index contributed by atoms with van der Waals surface area (Å²) >= 11 is 0. The Hall–Kier alpha value is -0.0431. The van der Waals surface area contributed by atoms with Crippen molar-refractivity contribution in [1.29, 1.82) is 0 Å². The van der Waals surface area contributed by atoms with Crippen molar-refractivity contribution in [3.63, 3.8) is 0 Å². The zero-order valence-electron chi connectivity index (χ0n) is 5.98. The molecule has 0 fully saturated rings. The van der Waals surface area contributed by atoms with Crippen molar-refractivity contribution in [1.82, 2.24) is 0 Å². The molecule has 0 aliphatic heterocycles. The van der Waals surface area contributed by atoms with Gasteiger partial charge in [-0.25, -0.2) is 0 Å². The van der Waals surface area contributed by atoms with Gasteiger partial charge in [-0.05, 0) is 6.42 Å². The highest BCUT2D eigenvalue weighted by Gasteiger charge is 1.95. The first kappa shape index (κ1) is 7.96. The molecule has 1 atom stereocenters. The lowest BCUT2D eigenvalue weighted by Gasteiger charge is -2.02. The first-order chi connectivity index (χ1) is 3.81. The number of hydrogen-bond donors (Lipinski definition) is 0.